The van der Waals surface area contributed by atoms with E-state index in [1.165, 1.54) is 0 Å². The maximum atomic E-state index is 8.76. The molecule has 1 aromatic heterocycles. The number of aromatic nitrogens is 3. The second-order valence-electron chi connectivity index (χ2n) is 3.84. The molecule has 1 aliphatic rings. The van der Waals surface area contributed by atoms with Crippen LogP contribution in [0, 0.1) is 5.92 Å². The van der Waals surface area contributed by atoms with Crippen LogP contribution >= 0.6 is 0 Å². The van der Waals surface area contributed by atoms with Crippen LogP contribution in [0.1, 0.15) is 12.7 Å². The van der Waals surface area contributed by atoms with E-state index in [9.17, 15) is 0 Å². The number of rotatable bonds is 3. The van der Waals surface area contributed by atoms with Gasteiger partial charge in [0.05, 0.1) is 6.61 Å². The summed E-state index contributed by atoms with van der Waals surface area (Å²) in [7, 11) is 0. The van der Waals surface area contributed by atoms with E-state index in [-0.39, 0.29) is 6.61 Å². The molecule has 0 fully saturated rings. The zero-order chi connectivity index (χ0) is 12.1. The van der Waals surface area contributed by atoms with Gasteiger partial charge in [0.15, 0.2) is 5.82 Å². The van der Waals surface area contributed by atoms with Gasteiger partial charge in [-0.2, -0.15) is 0 Å². The van der Waals surface area contributed by atoms with Gasteiger partial charge in [-0.15, -0.1) is 10.2 Å². The highest BCUT2D eigenvalue weighted by Gasteiger charge is 2.05. The summed E-state index contributed by atoms with van der Waals surface area (Å²) >= 11 is 0. The van der Waals surface area contributed by atoms with Crippen LogP contribution in [-0.4, -0.2) is 26.5 Å². The zero-order valence-corrected chi connectivity index (χ0v) is 9.69. The van der Waals surface area contributed by atoms with Crippen molar-refractivity contribution in [2.75, 3.05) is 6.61 Å². The highest BCUT2D eigenvalue weighted by Crippen LogP contribution is 2.15. The Morgan fingerprint density at radius 3 is 3.18 bits per heavy atom. The normalized spacial score (nSPS) is 19.6. The summed E-state index contributed by atoms with van der Waals surface area (Å²) in [5, 5.41) is 16.6. The fraction of sp³-hybridized carbons (Fsp3) is 0.231. The van der Waals surface area contributed by atoms with E-state index in [1.54, 1.807) is 18.5 Å². The SMILES string of the molecule is CC1C=CC=C(n2cnnc2/C=C/CO)C=C1. The van der Waals surface area contributed by atoms with E-state index in [2.05, 4.69) is 29.3 Å². The van der Waals surface area contributed by atoms with Crippen LogP contribution in [0.25, 0.3) is 11.8 Å². The molecule has 2 rings (SSSR count). The van der Waals surface area contributed by atoms with E-state index in [0.717, 1.165) is 5.70 Å². The lowest BCUT2D eigenvalue weighted by Gasteiger charge is -2.03. The first-order valence-corrected chi connectivity index (χ1v) is 5.56. The topological polar surface area (TPSA) is 50.9 Å². The molecule has 0 saturated heterocycles. The lowest BCUT2D eigenvalue weighted by Crippen LogP contribution is -1.96. The van der Waals surface area contributed by atoms with Gasteiger partial charge < -0.3 is 5.11 Å². The Kier molecular flexibility index (Phi) is 3.67. The molecule has 0 spiro atoms. The van der Waals surface area contributed by atoms with Crippen LogP contribution in [0.3, 0.4) is 0 Å². The summed E-state index contributed by atoms with van der Waals surface area (Å²) in [6, 6.07) is 0. The molecule has 0 aliphatic heterocycles. The summed E-state index contributed by atoms with van der Waals surface area (Å²) < 4.78 is 1.88. The first-order valence-electron chi connectivity index (χ1n) is 5.56. The zero-order valence-electron chi connectivity index (χ0n) is 9.69. The molecule has 0 aromatic carbocycles. The Morgan fingerprint density at radius 2 is 2.35 bits per heavy atom. The summed E-state index contributed by atoms with van der Waals surface area (Å²) in [4.78, 5) is 0. The van der Waals surface area contributed by atoms with Gasteiger partial charge in [0, 0.05) is 5.70 Å². The molecule has 0 amide bonds. The Labute approximate surface area is 100 Å². The van der Waals surface area contributed by atoms with Crippen molar-refractivity contribution in [2.45, 2.75) is 6.92 Å². The molecule has 4 heteroatoms. The van der Waals surface area contributed by atoms with Crippen molar-refractivity contribution in [1.29, 1.82) is 0 Å². The van der Waals surface area contributed by atoms with Gasteiger partial charge in [0.1, 0.15) is 6.33 Å². The number of aliphatic hydroxyl groups excluding tert-OH is 1. The molecular formula is C13H15N3O. The van der Waals surface area contributed by atoms with E-state index in [0.29, 0.717) is 11.7 Å². The molecule has 1 heterocycles. The molecule has 1 unspecified atom stereocenters. The van der Waals surface area contributed by atoms with E-state index in [4.69, 9.17) is 5.11 Å². The molecule has 1 aromatic rings. The van der Waals surface area contributed by atoms with Crippen LogP contribution < -0.4 is 0 Å². The second kappa shape index (κ2) is 5.41. The van der Waals surface area contributed by atoms with Gasteiger partial charge >= 0.3 is 0 Å². The molecule has 0 bridgehead atoms. The lowest BCUT2D eigenvalue weighted by atomic mass is 10.2. The van der Waals surface area contributed by atoms with Gasteiger partial charge in [-0.05, 0) is 24.1 Å². The minimum atomic E-state index is -0.00131. The molecule has 4 nitrogen and oxygen atoms in total. The maximum absolute atomic E-state index is 8.76. The standard InChI is InChI=1S/C13H15N3O/c1-11-4-2-5-12(8-7-11)16-10-14-15-13(16)6-3-9-17/h2-8,10-11,17H,9H2,1H3/b6-3+. The van der Waals surface area contributed by atoms with E-state index in [1.807, 2.05) is 22.8 Å². The first kappa shape index (κ1) is 11.5. The Bertz CT molecular complexity index is 495. The largest absolute Gasteiger partial charge is 0.392 e. The van der Waals surface area contributed by atoms with E-state index >= 15 is 0 Å². The predicted molar refractivity (Wildman–Crippen MR) is 67.9 cm³/mol. The summed E-state index contributed by atoms with van der Waals surface area (Å²) in [6.45, 7) is 2.13. The molecule has 1 aliphatic carbocycles. The average molecular weight is 229 g/mol. The maximum Gasteiger partial charge on any atom is 0.160 e. The van der Waals surface area contributed by atoms with Crippen LogP contribution in [0.2, 0.25) is 0 Å². The molecule has 1 N–H and O–H groups in total. The average Bonchev–Trinajstić information content (AvgIpc) is 2.69. The van der Waals surface area contributed by atoms with Crippen molar-refractivity contribution in [1.82, 2.24) is 14.8 Å². The van der Waals surface area contributed by atoms with Gasteiger partial charge in [-0.25, -0.2) is 0 Å². The van der Waals surface area contributed by atoms with Crippen LogP contribution in [0.5, 0.6) is 0 Å². The minimum absolute atomic E-state index is 0.00131. The van der Waals surface area contributed by atoms with Gasteiger partial charge in [0.25, 0.3) is 0 Å². The molecular weight excluding hydrogens is 214 g/mol. The highest BCUT2D eigenvalue weighted by atomic mass is 16.2. The van der Waals surface area contributed by atoms with Gasteiger partial charge in [-0.1, -0.05) is 31.2 Å². The lowest BCUT2D eigenvalue weighted by molar-refractivity contribution is 0.343. The number of nitrogens with zero attached hydrogens (tertiary/aromatic N) is 3. The minimum Gasteiger partial charge on any atom is -0.392 e. The predicted octanol–water partition coefficient (Wildman–Crippen LogP) is 1.89. The third-order valence-electron chi connectivity index (χ3n) is 2.48. The molecule has 17 heavy (non-hydrogen) atoms. The van der Waals surface area contributed by atoms with Crippen molar-refractivity contribution in [2.24, 2.45) is 5.92 Å². The van der Waals surface area contributed by atoms with Crippen LogP contribution in [0.4, 0.5) is 0 Å². The van der Waals surface area contributed by atoms with Crippen LogP contribution in [0.15, 0.2) is 42.8 Å². The summed E-state index contributed by atoms with van der Waals surface area (Å²) in [6.07, 6.45) is 15.4. The number of hydrogen-bond donors (Lipinski definition) is 1. The quantitative estimate of drug-likeness (QED) is 0.861. The monoisotopic (exact) mass is 229 g/mol. The Morgan fingerprint density at radius 1 is 1.47 bits per heavy atom. The van der Waals surface area contributed by atoms with Gasteiger partial charge in [0.2, 0.25) is 0 Å². The summed E-state index contributed by atoms with van der Waals surface area (Å²) in [5.74, 6) is 1.13. The van der Waals surface area contributed by atoms with Crippen molar-refractivity contribution in [3.8, 4) is 0 Å². The Balaban J connectivity index is 2.31. The first-order chi connectivity index (χ1) is 8.31. The second-order valence-corrected chi connectivity index (χ2v) is 3.84. The van der Waals surface area contributed by atoms with Gasteiger partial charge in [-0.3, -0.25) is 4.57 Å². The number of hydrogen-bond acceptors (Lipinski definition) is 3. The third kappa shape index (κ3) is 2.79. The van der Waals surface area contributed by atoms with Crippen molar-refractivity contribution < 1.29 is 5.11 Å². The smallest absolute Gasteiger partial charge is 0.160 e. The number of allylic oxidation sites excluding steroid dienone is 6. The fourth-order valence-electron chi connectivity index (χ4n) is 1.57. The molecule has 1 atom stereocenters. The van der Waals surface area contributed by atoms with Crippen molar-refractivity contribution >= 4 is 11.8 Å². The third-order valence-corrected chi connectivity index (χ3v) is 2.48. The molecule has 88 valence electrons. The van der Waals surface area contributed by atoms with Crippen molar-refractivity contribution in [3.05, 3.63) is 48.6 Å². The molecule has 0 radical (unpaired) electrons. The molecule has 0 saturated carbocycles. The Hall–Kier alpha value is -1.94. The van der Waals surface area contributed by atoms with E-state index < -0.39 is 0 Å². The highest BCUT2D eigenvalue weighted by molar-refractivity contribution is 5.63. The summed E-state index contributed by atoms with van der Waals surface area (Å²) in [5.41, 5.74) is 1.01. The van der Waals surface area contributed by atoms with Crippen LogP contribution in [-0.2, 0) is 0 Å². The fourth-order valence-corrected chi connectivity index (χ4v) is 1.57. The number of aliphatic hydroxyl groups is 1. The van der Waals surface area contributed by atoms with Crippen molar-refractivity contribution in [3.63, 3.8) is 0 Å².